The first-order valence-electron chi connectivity index (χ1n) is 15.7. The standard InChI is InChI=1S/C32H44N6O2/c1-32(40)12-8-25(9-13-32)38-29-28(20-34-31(35-29)33-19-22-4-5-22)26-7-6-23(18-27(26)30(38)39)21-36-16-10-24(11-17-36)37-14-2-3-15-37/h6-7,18,20,22,24-25,40H,2-5,8-17,19,21H2,1H3,(H,33,34,35)/t25-,32-. The topological polar surface area (TPSA) is 86.5 Å². The first-order chi connectivity index (χ1) is 19.4. The lowest BCUT2D eigenvalue weighted by atomic mass is 9.83. The van der Waals surface area contributed by atoms with Gasteiger partial charge in [0.25, 0.3) is 5.56 Å². The van der Waals surface area contributed by atoms with Crippen molar-refractivity contribution in [3.63, 3.8) is 0 Å². The highest BCUT2D eigenvalue weighted by Crippen LogP contribution is 2.36. The fourth-order valence-electron chi connectivity index (χ4n) is 7.35. The number of anilines is 1. The van der Waals surface area contributed by atoms with E-state index < -0.39 is 5.60 Å². The van der Waals surface area contributed by atoms with E-state index >= 15 is 0 Å². The molecule has 2 aliphatic carbocycles. The zero-order valence-electron chi connectivity index (χ0n) is 23.9. The van der Waals surface area contributed by atoms with Gasteiger partial charge in [-0.1, -0.05) is 12.1 Å². The zero-order valence-corrected chi connectivity index (χ0v) is 23.9. The van der Waals surface area contributed by atoms with Crippen LogP contribution < -0.4 is 10.9 Å². The summed E-state index contributed by atoms with van der Waals surface area (Å²) in [5.74, 6) is 1.31. The number of piperidine rings is 1. The summed E-state index contributed by atoms with van der Waals surface area (Å²) in [7, 11) is 0. The van der Waals surface area contributed by atoms with Gasteiger partial charge in [-0.3, -0.25) is 14.3 Å². The van der Waals surface area contributed by atoms with Crippen LogP contribution in [-0.2, 0) is 6.54 Å². The maximum atomic E-state index is 14.2. The molecule has 0 amide bonds. The van der Waals surface area contributed by atoms with Gasteiger partial charge in [0, 0.05) is 42.1 Å². The number of rotatable bonds is 7. The molecule has 0 atom stereocenters. The van der Waals surface area contributed by atoms with Crippen molar-refractivity contribution in [2.24, 2.45) is 5.92 Å². The molecule has 2 saturated carbocycles. The molecule has 4 fully saturated rings. The molecule has 40 heavy (non-hydrogen) atoms. The minimum Gasteiger partial charge on any atom is -0.390 e. The largest absolute Gasteiger partial charge is 0.390 e. The van der Waals surface area contributed by atoms with Crippen molar-refractivity contribution in [3.8, 4) is 0 Å². The van der Waals surface area contributed by atoms with Gasteiger partial charge in [0.15, 0.2) is 0 Å². The highest BCUT2D eigenvalue weighted by Gasteiger charge is 2.32. The number of aromatic nitrogens is 3. The molecular formula is C32H44N6O2. The average molecular weight is 545 g/mol. The van der Waals surface area contributed by atoms with E-state index in [0.29, 0.717) is 30.4 Å². The van der Waals surface area contributed by atoms with E-state index in [0.717, 1.165) is 61.2 Å². The molecule has 2 saturated heterocycles. The molecule has 0 unspecified atom stereocenters. The highest BCUT2D eigenvalue weighted by molar-refractivity contribution is 6.04. The quantitative estimate of drug-likeness (QED) is 0.417. The summed E-state index contributed by atoms with van der Waals surface area (Å²) in [5.41, 5.74) is 1.29. The first kappa shape index (κ1) is 26.4. The van der Waals surface area contributed by atoms with E-state index in [1.54, 1.807) is 0 Å². The summed E-state index contributed by atoms with van der Waals surface area (Å²) in [5, 5.41) is 16.6. The number of aliphatic hydroxyl groups is 1. The van der Waals surface area contributed by atoms with Gasteiger partial charge in [-0.05, 0) is 120 Å². The highest BCUT2D eigenvalue weighted by atomic mass is 16.3. The Bertz CT molecular complexity index is 1420. The number of fused-ring (bicyclic) bond motifs is 3. The lowest BCUT2D eigenvalue weighted by Crippen LogP contribution is -2.43. The Hall–Kier alpha value is -2.55. The predicted octanol–water partition coefficient (Wildman–Crippen LogP) is 4.69. The molecule has 8 nitrogen and oxygen atoms in total. The third-order valence-corrected chi connectivity index (χ3v) is 10.1. The Morgan fingerprint density at radius 3 is 2.42 bits per heavy atom. The molecule has 4 heterocycles. The normalized spacial score (nSPS) is 27.1. The summed E-state index contributed by atoms with van der Waals surface area (Å²) in [4.78, 5) is 29.1. The van der Waals surface area contributed by atoms with Crippen molar-refractivity contribution in [2.45, 2.75) is 95.4 Å². The van der Waals surface area contributed by atoms with Gasteiger partial charge in [0.2, 0.25) is 5.95 Å². The number of benzene rings is 1. The van der Waals surface area contributed by atoms with Gasteiger partial charge in [0.05, 0.1) is 5.60 Å². The van der Waals surface area contributed by atoms with Gasteiger partial charge >= 0.3 is 0 Å². The van der Waals surface area contributed by atoms with Gasteiger partial charge < -0.3 is 15.3 Å². The van der Waals surface area contributed by atoms with Crippen LogP contribution in [0.15, 0.2) is 29.2 Å². The minimum atomic E-state index is -0.659. The number of likely N-dealkylation sites (tertiary alicyclic amines) is 2. The van der Waals surface area contributed by atoms with Crippen LogP contribution in [0.4, 0.5) is 5.95 Å². The van der Waals surface area contributed by atoms with Crippen LogP contribution in [0, 0.1) is 5.92 Å². The van der Waals surface area contributed by atoms with E-state index in [4.69, 9.17) is 4.98 Å². The molecule has 3 aromatic rings. The molecule has 2 N–H and O–H groups in total. The number of hydrogen-bond donors (Lipinski definition) is 2. The fraction of sp³-hybridized carbons (Fsp3) is 0.656. The van der Waals surface area contributed by atoms with Crippen molar-refractivity contribution < 1.29 is 5.11 Å². The van der Waals surface area contributed by atoms with Crippen molar-refractivity contribution in [2.75, 3.05) is 38.0 Å². The van der Waals surface area contributed by atoms with Crippen LogP contribution in [0.1, 0.15) is 82.7 Å². The summed E-state index contributed by atoms with van der Waals surface area (Å²) in [6.45, 7) is 8.46. The molecule has 4 aliphatic rings. The van der Waals surface area contributed by atoms with Crippen molar-refractivity contribution in [3.05, 3.63) is 40.3 Å². The molecule has 8 heteroatoms. The Balaban J connectivity index is 1.20. The smallest absolute Gasteiger partial charge is 0.260 e. The molecule has 0 radical (unpaired) electrons. The van der Waals surface area contributed by atoms with Crippen LogP contribution in [0.3, 0.4) is 0 Å². The van der Waals surface area contributed by atoms with Crippen LogP contribution in [0.25, 0.3) is 21.8 Å². The van der Waals surface area contributed by atoms with Gasteiger partial charge in [-0.15, -0.1) is 0 Å². The number of hydrogen-bond acceptors (Lipinski definition) is 7. The maximum absolute atomic E-state index is 14.2. The summed E-state index contributed by atoms with van der Waals surface area (Å²) >= 11 is 0. The molecule has 1 aromatic carbocycles. The summed E-state index contributed by atoms with van der Waals surface area (Å²) in [6, 6.07) is 7.20. The van der Waals surface area contributed by atoms with Gasteiger partial charge in [-0.2, -0.15) is 4.98 Å². The average Bonchev–Trinajstić information content (AvgIpc) is 3.63. The Morgan fingerprint density at radius 1 is 0.950 bits per heavy atom. The van der Waals surface area contributed by atoms with Crippen molar-refractivity contribution >= 4 is 27.8 Å². The summed E-state index contributed by atoms with van der Waals surface area (Å²) in [6.07, 6.45) is 12.5. The minimum absolute atomic E-state index is 0.0269. The number of pyridine rings is 1. The molecule has 2 aliphatic heterocycles. The Kier molecular flexibility index (Phi) is 7.05. The zero-order chi connectivity index (χ0) is 27.3. The maximum Gasteiger partial charge on any atom is 0.260 e. The van der Waals surface area contributed by atoms with Crippen LogP contribution in [-0.4, -0.2) is 73.8 Å². The Morgan fingerprint density at radius 2 is 1.70 bits per heavy atom. The van der Waals surface area contributed by atoms with Crippen LogP contribution in [0.2, 0.25) is 0 Å². The number of nitrogens with one attached hydrogen (secondary N) is 1. The van der Waals surface area contributed by atoms with Gasteiger partial charge in [0.1, 0.15) is 5.65 Å². The third-order valence-electron chi connectivity index (χ3n) is 10.1. The SMILES string of the molecule is C[C@]1(O)CC[C@H](n2c(=O)c3cc(CN4CCC(N5CCCC5)CC4)ccc3c3cnc(NCC4CC4)nc32)CC1. The lowest BCUT2D eigenvalue weighted by Gasteiger charge is -2.36. The van der Waals surface area contributed by atoms with Gasteiger partial charge in [-0.25, -0.2) is 4.98 Å². The Labute approximate surface area is 236 Å². The second-order valence-corrected chi connectivity index (χ2v) is 13.3. The second kappa shape index (κ2) is 10.7. The monoisotopic (exact) mass is 544 g/mol. The molecule has 0 spiro atoms. The van der Waals surface area contributed by atoms with E-state index in [2.05, 4.69) is 38.3 Å². The molecule has 7 rings (SSSR count). The van der Waals surface area contributed by atoms with Crippen LogP contribution in [0.5, 0.6) is 0 Å². The predicted molar refractivity (Wildman–Crippen MR) is 160 cm³/mol. The van der Waals surface area contributed by atoms with E-state index in [-0.39, 0.29) is 11.6 Å². The number of nitrogens with zero attached hydrogens (tertiary/aromatic N) is 5. The molecule has 0 bridgehead atoms. The fourth-order valence-corrected chi connectivity index (χ4v) is 7.35. The third kappa shape index (κ3) is 5.38. The molecule has 214 valence electrons. The van der Waals surface area contributed by atoms with Crippen molar-refractivity contribution in [1.82, 2.24) is 24.3 Å². The lowest BCUT2D eigenvalue weighted by molar-refractivity contribution is 0.0100. The van der Waals surface area contributed by atoms with E-state index in [1.807, 2.05) is 17.7 Å². The molecule has 2 aromatic heterocycles. The van der Waals surface area contributed by atoms with E-state index in [9.17, 15) is 9.90 Å². The van der Waals surface area contributed by atoms with Crippen molar-refractivity contribution in [1.29, 1.82) is 0 Å². The van der Waals surface area contributed by atoms with E-state index in [1.165, 1.54) is 57.2 Å². The first-order valence-corrected chi connectivity index (χ1v) is 15.7. The van der Waals surface area contributed by atoms with Crippen LogP contribution >= 0.6 is 0 Å². The second-order valence-electron chi connectivity index (χ2n) is 13.3. The molecular weight excluding hydrogens is 500 g/mol. The summed E-state index contributed by atoms with van der Waals surface area (Å²) < 4.78 is 1.93.